The van der Waals surface area contributed by atoms with E-state index in [1.54, 1.807) is 36.4 Å². The standard InChI is InChI=1S/C34H38N2O10/c1-19(43-26(39)12-15-35-31(40)29(44-20(2)38)21-7-5-4-6-8-21)32(41)45-24-11-13-34(42)25-17-22-9-10-23(18-37)28-27(22)33(34,30(24)46-28)14-16-36(25)3/h4-11,19,25,29-30,37,42H,12-18H2,1-3H3,(H,35,40)/t19-,25+,29-,30-,33-,34+/m0/s1. The number of hydrogen-bond donors (Lipinski definition) is 3. The number of nitrogens with zero attached hydrogens (tertiary/aromatic N) is 1. The Hall–Kier alpha value is -4.26. The highest BCUT2D eigenvalue weighted by atomic mass is 16.6. The number of rotatable bonds is 10. The van der Waals surface area contributed by atoms with Crippen molar-refractivity contribution >= 4 is 23.8 Å². The number of aliphatic hydroxyl groups is 2. The van der Waals surface area contributed by atoms with E-state index in [0.29, 0.717) is 36.3 Å². The van der Waals surface area contributed by atoms with Crippen molar-refractivity contribution in [2.24, 2.45) is 0 Å². The van der Waals surface area contributed by atoms with Crippen LogP contribution in [0.3, 0.4) is 0 Å². The van der Waals surface area contributed by atoms with Crippen LogP contribution in [0.15, 0.2) is 54.3 Å². The molecule has 2 aromatic carbocycles. The molecule has 2 aliphatic heterocycles. The SMILES string of the molecule is CC(=O)O[C@H](C(=O)NCCC(=O)O[C@@H](C)C(=O)OC1=CC[C@@]2(O)[C@H]3Cc4ccc(CO)c5c4[C@@]2(CCN3C)[C@H]1O5)c1ccccc1. The van der Waals surface area contributed by atoms with Crippen molar-refractivity contribution in [2.75, 3.05) is 20.1 Å². The van der Waals surface area contributed by atoms with Crippen LogP contribution in [0, 0.1) is 0 Å². The second kappa shape index (κ2) is 12.2. The van der Waals surface area contributed by atoms with Gasteiger partial charge < -0.3 is 39.4 Å². The molecule has 2 bridgehead atoms. The fourth-order valence-electron chi connectivity index (χ4n) is 7.58. The highest BCUT2D eigenvalue weighted by Gasteiger charge is 2.72. The third kappa shape index (κ3) is 5.14. The predicted molar refractivity (Wildman–Crippen MR) is 161 cm³/mol. The van der Waals surface area contributed by atoms with E-state index in [0.717, 1.165) is 11.1 Å². The van der Waals surface area contributed by atoms with Crippen LogP contribution < -0.4 is 10.1 Å². The number of esters is 3. The van der Waals surface area contributed by atoms with Gasteiger partial charge in [-0.25, -0.2) is 4.79 Å². The minimum atomic E-state index is -1.27. The summed E-state index contributed by atoms with van der Waals surface area (Å²) in [6, 6.07) is 12.1. The lowest BCUT2D eigenvalue weighted by molar-refractivity contribution is -0.175. The van der Waals surface area contributed by atoms with Gasteiger partial charge in [-0.05, 0) is 45.0 Å². The molecule has 1 spiro atoms. The van der Waals surface area contributed by atoms with Gasteiger partial charge >= 0.3 is 17.9 Å². The molecular formula is C34H38N2O10. The molecule has 46 heavy (non-hydrogen) atoms. The molecular weight excluding hydrogens is 596 g/mol. The zero-order valence-corrected chi connectivity index (χ0v) is 26.0. The number of carbonyl (C=O) groups excluding carboxylic acids is 4. The van der Waals surface area contributed by atoms with Crippen molar-refractivity contribution in [1.29, 1.82) is 0 Å². The Balaban J connectivity index is 1.10. The Morgan fingerprint density at radius 1 is 1.13 bits per heavy atom. The minimum absolute atomic E-state index is 0.115. The Kier molecular flexibility index (Phi) is 8.38. The largest absolute Gasteiger partial charge is 0.481 e. The quantitative estimate of drug-likeness (QED) is 0.258. The highest BCUT2D eigenvalue weighted by molar-refractivity contribution is 5.85. The second-order valence-corrected chi connectivity index (χ2v) is 12.4. The summed E-state index contributed by atoms with van der Waals surface area (Å²) in [5, 5.41) is 24.9. The molecule has 3 N–H and O–H groups in total. The van der Waals surface area contributed by atoms with Gasteiger partial charge in [-0.1, -0.05) is 42.5 Å². The molecule has 0 aromatic heterocycles. The minimum Gasteiger partial charge on any atom is -0.481 e. The van der Waals surface area contributed by atoms with Crippen molar-refractivity contribution in [3.63, 3.8) is 0 Å². The van der Waals surface area contributed by atoms with Crippen LogP contribution in [-0.2, 0) is 51.8 Å². The summed E-state index contributed by atoms with van der Waals surface area (Å²) in [5.74, 6) is -2.03. The third-order valence-corrected chi connectivity index (χ3v) is 9.74. The molecule has 244 valence electrons. The predicted octanol–water partition coefficient (Wildman–Crippen LogP) is 1.74. The molecule has 1 saturated heterocycles. The molecule has 6 rings (SSSR count). The number of likely N-dealkylation sites (tertiary alicyclic amines) is 1. The number of piperidine rings is 1. The van der Waals surface area contributed by atoms with E-state index in [2.05, 4.69) is 10.2 Å². The molecule has 0 radical (unpaired) electrons. The van der Waals surface area contributed by atoms with Gasteiger partial charge in [-0.15, -0.1) is 0 Å². The first-order valence-corrected chi connectivity index (χ1v) is 15.5. The van der Waals surface area contributed by atoms with Gasteiger partial charge in [0.2, 0.25) is 6.10 Å². The van der Waals surface area contributed by atoms with Crippen LogP contribution in [-0.4, -0.2) is 82.9 Å². The smallest absolute Gasteiger partial charge is 0.352 e. The number of carbonyl (C=O) groups is 4. The van der Waals surface area contributed by atoms with Crippen molar-refractivity contribution < 1.29 is 48.3 Å². The van der Waals surface area contributed by atoms with E-state index in [1.807, 2.05) is 19.2 Å². The van der Waals surface area contributed by atoms with Crippen LogP contribution >= 0.6 is 0 Å². The van der Waals surface area contributed by atoms with E-state index in [1.165, 1.54) is 13.8 Å². The first-order valence-electron chi connectivity index (χ1n) is 15.5. The summed E-state index contributed by atoms with van der Waals surface area (Å²) in [6.45, 7) is 2.94. The highest BCUT2D eigenvalue weighted by Crippen LogP contribution is 2.64. The van der Waals surface area contributed by atoms with Gasteiger partial charge in [0.25, 0.3) is 5.91 Å². The summed E-state index contributed by atoms with van der Waals surface area (Å²) in [5.41, 5.74) is 0.953. The van der Waals surface area contributed by atoms with Gasteiger partial charge in [0.05, 0.1) is 24.0 Å². The van der Waals surface area contributed by atoms with Gasteiger partial charge in [0.1, 0.15) is 11.5 Å². The maximum absolute atomic E-state index is 13.2. The van der Waals surface area contributed by atoms with Crippen molar-refractivity contribution in [1.82, 2.24) is 10.2 Å². The molecule has 2 heterocycles. The van der Waals surface area contributed by atoms with Crippen LogP contribution in [0.25, 0.3) is 0 Å². The van der Waals surface area contributed by atoms with Crippen LogP contribution in [0.4, 0.5) is 0 Å². The number of amides is 1. The van der Waals surface area contributed by atoms with Gasteiger partial charge in [0.15, 0.2) is 12.2 Å². The number of ether oxygens (including phenoxy) is 4. The Labute approximate surface area is 266 Å². The average molecular weight is 635 g/mol. The van der Waals surface area contributed by atoms with E-state index in [9.17, 15) is 29.4 Å². The van der Waals surface area contributed by atoms with E-state index >= 15 is 0 Å². The zero-order chi connectivity index (χ0) is 32.8. The summed E-state index contributed by atoms with van der Waals surface area (Å²) in [4.78, 5) is 52.2. The lowest BCUT2D eigenvalue weighted by Gasteiger charge is -2.61. The molecule has 1 amide bonds. The Morgan fingerprint density at radius 3 is 2.61 bits per heavy atom. The molecule has 6 atom stereocenters. The van der Waals surface area contributed by atoms with E-state index < -0.39 is 53.1 Å². The lowest BCUT2D eigenvalue weighted by Crippen LogP contribution is -2.74. The fourth-order valence-corrected chi connectivity index (χ4v) is 7.58. The van der Waals surface area contributed by atoms with E-state index in [4.69, 9.17) is 18.9 Å². The molecule has 4 aliphatic rings. The summed E-state index contributed by atoms with van der Waals surface area (Å²) >= 11 is 0. The molecule has 1 fully saturated rings. The number of nitrogens with one attached hydrogen (secondary N) is 1. The molecule has 2 aromatic rings. The van der Waals surface area contributed by atoms with Crippen molar-refractivity contribution in [3.05, 3.63) is 76.6 Å². The van der Waals surface area contributed by atoms with E-state index in [-0.39, 0.29) is 37.8 Å². The van der Waals surface area contributed by atoms with Crippen molar-refractivity contribution in [2.45, 2.75) is 81.5 Å². The van der Waals surface area contributed by atoms with Gasteiger partial charge in [-0.3, -0.25) is 14.4 Å². The first-order chi connectivity index (χ1) is 22.0. The Bertz CT molecular complexity index is 1590. The van der Waals surface area contributed by atoms with Gasteiger partial charge in [0, 0.05) is 42.6 Å². The number of aliphatic hydroxyl groups excluding tert-OH is 1. The topological polar surface area (TPSA) is 161 Å². The van der Waals surface area contributed by atoms with Crippen molar-refractivity contribution in [3.8, 4) is 5.75 Å². The second-order valence-electron chi connectivity index (χ2n) is 12.4. The van der Waals surface area contributed by atoms with Crippen LogP contribution in [0.2, 0.25) is 0 Å². The number of hydrogen-bond acceptors (Lipinski definition) is 11. The molecule has 0 unspecified atom stereocenters. The first kappa shape index (κ1) is 31.7. The number of benzene rings is 2. The third-order valence-electron chi connectivity index (χ3n) is 9.74. The zero-order valence-electron chi connectivity index (χ0n) is 26.0. The summed E-state index contributed by atoms with van der Waals surface area (Å²) in [7, 11) is 2.00. The molecule has 12 nitrogen and oxygen atoms in total. The lowest BCUT2D eigenvalue weighted by atomic mass is 9.50. The summed E-state index contributed by atoms with van der Waals surface area (Å²) in [6.07, 6.45) is -0.397. The molecule has 12 heteroatoms. The molecule has 0 saturated carbocycles. The normalized spacial score (nSPS) is 26.8. The van der Waals surface area contributed by atoms with Crippen LogP contribution in [0.5, 0.6) is 5.75 Å². The fraction of sp³-hybridized carbons (Fsp3) is 0.471. The monoisotopic (exact) mass is 634 g/mol. The number of likely N-dealkylation sites (N-methyl/N-ethyl adjacent to an activating group) is 1. The molecule has 2 aliphatic carbocycles. The van der Waals surface area contributed by atoms with Crippen LogP contribution in [0.1, 0.15) is 61.5 Å². The Morgan fingerprint density at radius 2 is 1.89 bits per heavy atom. The maximum atomic E-state index is 13.2. The maximum Gasteiger partial charge on any atom is 0.352 e. The van der Waals surface area contributed by atoms with Gasteiger partial charge in [-0.2, -0.15) is 0 Å². The summed E-state index contributed by atoms with van der Waals surface area (Å²) < 4.78 is 22.8. The average Bonchev–Trinajstić information content (AvgIpc) is 3.39.